The maximum absolute atomic E-state index is 12.4. The van der Waals surface area contributed by atoms with Crippen LogP contribution < -0.4 is 15.8 Å². The molecule has 0 unspecified atom stereocenters. The summed E-state index contributed by atoms with van der Waals surface area (Å²) in [5, 5.41) is 19.9. The minimum atomic E-state index is -4.97. The van der Waals surface area contributed by atoms with Crippen LogP contribution >= 0.6 is 7.82 Å². The monoisotopic (exact) mass is 407 g/mol. The van der Waals surface area contributed by atoms with Crippen LogP contribution in [0.1, 0.15) is 6.23 Å². The van der Waals surface area contributed by atoms with E-state index in [0.29, 0.717) is 0 Å². The number of hydrogen-bond donors (Lipinski definition) is 4. The second-order valence-corrected chi connectivity index (χ2v) is 7.50. The molecule has 0 aliphatic carbocycles. The van der Waals surface area contributed by atoms with Crippen LogP contribution in [0.5, 0.6) is 0 Å². The Morgan fingerprint density at radius 1 is 1.30 bits per heavy atom. The Bertz CT molecular complexity index is 1050. The van der Waals surface area contributed by atoms with Crippen LogP contribution in [0.25, 0.3) is 11.2 Å². The summed E-state index contributed by atoms with van der Waals surface area (Å²) in [7, 11) is -0.662. The van der Waals surface area contributed by atoms with Crippen molar-refractivity contribution in [3.05, 3.63) is 27.2 Å². The molecule has 150 valence electrons. The van der Waals surface area contributed by atoms with Gasteiger partial charge in [-0.2, -0.15) is 4.57 Å². The van der Waals surface area contributed by atoms with Gasteiger partial charge in [0, 0.05) is 14.1 Å². The highest BCUT2D eigenvalue weighted by atomic mass is 31.2. The van der Waals surface area contributed by atoms with Gasteiger partial charge in [-0.1, -0.05) is 0 Å². The van der Waals surface area contributed by atoms with Gasteiger partial charge in [-0.25, -0.2) is 13.9 Å². The highest BCUT2D eigenvalue weighted by Crippen LogP contribution is 2.43. The molecule has 2 aromatic rings. The van der Waals surface area contributed by atoms with Gasteiger partial charge in [-0.15, -0.1) is 0 Å². The number of fused-ring (bicyclic) bond motifs is 1. The average molecular weight is 407 g/mol. The van der Waals surface area contributed by atoms with Crippen LogP contribution in [0.4, 0.5) is 0 Å². The average Bonchev–Trinajstić information content (AvgIpc) is 3.07. The van der Waals surface area contributed by atoms with Crippen LogP contribution in [0.15, 0.2) is 15.9 Å². The van der Waals surface area contributed by atoms with E-state index in [1.807, 2.05) is 0 Å². The summed E-state index contributed by atoms with van der Waals surface area (Å²) < 4.78 is 26.0. The third-order valence-corrected chi connectivity index (χ3v) is 5.05. The Labute approximate surface area is 151 Å². The fourth-order valence-electron chi connectivity index (χ4n) is 3.29. The van der Waals surface area contributed by atoms with Crippen molar-refractivity contribution in [1.29, 1.82) is 0 Å². The number of rotatable bonds is 4. The fraction of sp³-hybridized carbons (Fsp3) is 0.615. The number of aromatic nitrogens is 4. The van der Waals surface area contributed by atoms with E-state index in [-0.39, 0.29) is 11.2 Å². The summed E-state index contributed by atoms with van der Waals surface area (Å²) in [5.74, 6) is 0. The molecule has 0 bridgehead atoms. The Hall–Kier alpha value is -1.86. The molecule has 0 radical (unpaired) electrons. The molecule has 0 aromatic carbocycles. The largest absolute Gasteiger partial charge is 0.470 e. The summed E-state index contributed by atoms with van der Waals surface area (Å²) in [5.41, 5.74) is -0.899. The van der Waals surface area contributed by atoms with E-state index in [1.54, 1.807) is 7.05 Å². The molecule has 13 nitrogen and oxygen atoms in total. The lowest BCUT2D eigenvalue weighted by Gasteiger charge is -2.18. The molecular weight excluding hydrogens is 387 g/mol. The smallest absolute Gasteiger partial charge is 0.394 e. The molecule has 27 heavy (non-hydrogen) atoms. The first-order valence-corrected chi connectivity index (χ1v) is 9.35. The van der Waals surface area contributed by atoms with E-state index in [4.69, 9.17) is 14.5 Å². The van der Waals surface area contributed by atoms with Crippen molar-refractivity contribution in [1.82, 2.24) is 13.7 Å². The molecule has 4 N–H and O–H groups in total. The zero-order valence-corrected chi connectivity index (χ0v) is 15.6. The van der Waals surface area contributed by atoms with Gasteiger partial charge in [-0.05, 0) is 0 Å². The summed E-state index contributed by atoms with van der Waals surface area (Å²) in [6.45, 7) is -0.676. The zero-order chi connectivity index (χ0) is 20.3. The Morgan fingerprint density at radius 2 is 1.93 bits per heavy atom. The van der Waals surface area contributed by atoms with E-state index >= 15 is 0 Å². The molecule has 1 saturated heterocycles. The Kier molecular flexibility index (Phi) is 4.89. The molecule has 1 aliphatic rings. The fourth-order valence-corrected chi connectivity index (χ4v) is 3.87. The first-order chi connectivity index (χ1) is 12.5. The summed E-state index contributed by atoms with van der Waals surface area (Å²) in [6, 6.07) is 0. The van der Waals surface area contributed by atoms with E-state index in [0.717, 1.165) is 4.57 Å². The van der Waals surface area contributed by atoms with Crippen LogP contribution in [-0.4, -0.2) is 58.6 Å². The van der Waals surface area contributed by atoms with Gasteiger partial charge in [0.05, 0.1) is 13.7 Å². The number of aliphatic hydroxyl groups excluding tert-OH is 2. The van der Waals surface area contributed by atoms with Crippen molar-refractivity contribution < 1.29 is 38.4 Å². The van der Waals surface area contributed by atoms with Gasteiger partial charge >= 0.3 is 19.1 Å². The van der Waals surface area contributed by atoms with Gasteiger partial charge in [-0.3, -0.25) is 18.5 Å². The topological polar surface area (TPSA) is 169 Å². The molecule has 0 amide bonds. The second kappa shape index (κ2) is 6.63. The number of imidazole rings is 1. The molecular formula is C13H20N4O9P+. The van der Waals surface area contributed by atoms with Crippen molar-refractivity contribution in [3.8, 4) is 0 Å². The number of aliphatic hydroxyl groups is 2. The van der Waals surface area contributed by atoms with E-state index < -0.39 is 50.2 Å². The van der Waals surface area contributed by atoms with Crippen LogP contribution in [0, 0.1) is 0 Å². The number of aryl methyl sites for hydroxylation is 2. The van der Waals surface area contributed by atoms with Gasteiger partial charge in [0.25, 0.3) is 11.2 Å². The maximum atomic E-state index is 12.4. The number of hydrogen-bond acceptors (Lipinski definition) is 7. The predicted molar refractivity (Wildman–Crippen MR) is 87.5 cm³/mol. The first-order valence-electron chi connectivity index (χ1n) is 7.82. The van der Waals surface area contributed by atoms with Crippen LogP contribution in [-0.2, 0) is 35.0 Å². The molecule has 0 saturated carbocycles. The van der Waals surface area contributed by atoms with Crippen LogP contribution in [0.3, 0.4) is 0 Å². The summed E-state index contributed by atoms with van der Waals surface area (Å²) in [6.07, 6.45) is -4.21. The highest BCUT2D eigenvalue weighted by Gasteiger charge is 2.51. The lowest BCUT2D eigenvalue weighted by molar-refractivity contribution is -0.646. The summed E-state index contributed by atoms with van der Waals surface area (Å²) in [4.78, 5) is 42.8. The van der Waals surface area contributed by atoms with Crippen molar-refractivity contribution in [2.75, 3.05) is 6.61 Å². The molecule has 2 aromatic heterocycles. The number of phosphoric ester groups is 1. The predicted octanol–water partition coefficient (Wildman–Crippen LogP) is -3.41. The van der Waals surface area contributed by atoms with E-state index in [9.17, 15) is 24.4 Å². The van der Waals surface area contributed by atoms with E-state index in [2.05, 4.69) is 4.52 Å². The molecule has 3 heterocycles. The lowest BCUT2D eigenvalue weighted by atomic mass is 10.1. The first kappa shape index (κ1) is 19.9. The normalized spacial score (nSPS) is 26.2. The van der Waals surface area contributed by atoms with Crippen molar-refractivity contribution >= 4 is 19.0 Å². The van der Waals surface area contributed by atoms with Crippen molar-refractivity contribution in [2.24, 2.45) is 21.1 Å². The summed E-state index contributed by atoms with van der Waals surface area (Å²) >= 11 is 0. The minimum absolute atomic E-state index is 0.128. The Balaban J connectivity index is 2.18. The van der Waals surface area contributed by atoms with Gasteiger partial charge in [0.1, 0.15) is 18.3 Å². The number of phosphoric acid groups is 1. The molecule has 3 rings (SSSR count). The van der Waals surface area contributed by atoms with Gasteiger partial charge < -0.3 is 24.7 Å². The van der Waals surface area contributed by atoms with E-state index in [1.165, 1.54) is 34.1 Å². The molecule has 14 heteroatoms. The lowest BCUT2D eigenvalue weighted by Crippen LogP contribution is -2.41. The van der Waals surface area contributed by atoms with Gasteiger partial charge in [0.15, 0.2) is 0 Å². The van der Waals surface area contributed by atoms with Gasteiger partial charge in [0.2, 0.25) is 12.6 Å². The third-order valence-electron chi connectivity index (χ3n) is 4.53. The number of nitrogens with zero attached hydrogens (tertiary/aromatic N) is 4. The zero-order valence-electron chi connectivity index (χ0n) is 14.7. The van der Waals surface area contributed by atoms with Crippen molar-refractivity contribution in [3.63, 3.8) is 0 Å². The maximum Gasteiger partial charge on any atom is 0.470 e. The number of ether oxygens (including phenoxy) is 1. The molecule has 0 spiro atoms. The third kappa shape index (κ3) is 3.17. The van der Waals surface area contributed by atoms with Crippen LogP contribution in [0.2, 0.25) is 0 Å². The molecule has 1 aliphatic heterocycles. The Morgan fingerprint density at radius 3 is 2.48 bits per heavy atom. The SMILES string of the molecule is Cn1c(=O)c2c(n([C@@H]3O[C@H](CO)[C@@H](OP(=O)(O)O)[C@H]3O)c[n+]2C)n(C)c1=O. The molecule has 4 atom stereocenters. The minimum Gasteiger partial charge on any atom is -0.394 e. The highest BCUT2D eigenvalue weighted by molar-refractivity contribution is 7.46. The molecule has 1 fully saturated rings. The second-order valence-electron chi connectivity index (χ2n) is 6.31. The quantitative estimate of drug-likeness (QED) is 0.298. The standard InChI is InChI=1S/C13H19N4O9P/c1-14-5-17(10-7(14)11(20)16(3)13(21)15(10)2)12-8(19)9(6(4-18)25-12)26-27(22,23)24/h5-6,8-9,12,18-19H,4H2,1-3H3,(H-,22,23,24)/p+1/t6-,8-,9-,12-/m1/s1. The van der Waals surface area contributed by atoms with Crippen molar-refractivity contribution in [2.45, 2.75) is 24.5 Å².